The van der Waals surface area contributed by atoms with Crippen LogP contribution in [0, 0.1) is 5.82 Å². The third-order valence-corrected chi connectivity index (χ3v) is 4.66. The lowest BCUT2D eigenvalue weighted by Gasteiger charge is -2.26. The van der Waals surface area contributed by atoms with Crippen LogP contribution >= 0.6 is 0 Å². The number of pyridine rings is 1. The lowest BCUT2D eigenvalue weighted by atomic mass is 10.1. The monoisotopic (exact) mass is 323 g/mol. The molecule has 5 heteroatoms. The van der Waals surface area contributed by atoms with E-state index in [2.05, 4.69) is 11.8 Å². The van der Waals surface area contributed by atoms with E-state index in [1.165, 1.54) is 12.1 Å². The van der Waals surface area contributed by atoms with Crippen LogP contribution in [0.2, 0.25) is 0 Å². The van der Waals surface area contributed by atoms with E-state index in [4.69, 9.17) is 4.98 Å². The van der Waals surface area contributed by atoms with Gasteiger partial charge in [0.25, 0.3) is 5.56 Å². The van der Waals surface area contributed by atoms with E-state index in [0.717, 1.165) is 41.9 Å². The first-order valence-electron chi connectivity index (χ1n) is 8.18. The van der Waals surface area contributed by atoms with Crippen LogP contribution in [-0.4, -0.2) is 27.4 Å². The minimum absolute atomic E-state index is 0.000979. The van der Waals surface area contributed by atoms with Crippen LogP contribution in [0.25, 0.3) is 16.8 Å². The van der Waals surface area contributed by atoms with Crippen molar-refractivity contribution in [2.75, 3.05) is 13.1 Å². The Morgan fingerprint density at radius 2 is 2.04 bits per heavy atom. The van der Waals surface area contributed by atoms with Crippen molar-refractivity contribution in [3.63, 3.8) is 0 Å². The first-order valence-corrected chi connectivity index (χ1v) is 8.18. The van der Waals surface area contributed by atoms with Crippen LogP contribution in [0.15, 0.2) is 47.4 Å². The topological polar surface area (TPSA) is 37.6 Å². The predicted molar refractivity (Wildman–Crippen MR) is 91.5 cm³/mol. The summed E-state index contributed by atoms with van der Waals surface area (Å²) in [7, 11) is 0. The average Bonchev–Trinajstić information content (AvgIpc) is 2.61. The summed E-state index contributed by atoms with van der Waals surface area (Å²) in [4.78, 5) is 19.7. The predicted octanol–water partition coefficient (Wildman–Crippen LogP) is 2.88. The lowest BCUT2D eigenvalue weighted by Crippen LogP contribution is -2.36. The Kier molecular flexibility index (Phi) is 3.65. The smallest absolute Gasteiger partial charge is 0.262 e. The van der Waals surface area contributed by atoms with Crippen molar-refractivity contribution in [3.05, 3.63) is 70.0 Å². The Labute approximate surface area is 139 Å². The van der Waals surface area contributed by atoms with Gasteiger partial charge >= 0.3 is 0 Å². The number of fused-ring (bicyclic) bond motifs is 2. The molecule has 1 aromatic carbocycles. The maximum atomic E-state index is 13.5. The van der Waals surface area contributed by atoms with Crippen molar-refractivity contribution in [1.82, 2.24) is 14.3 Å². The van der Waals surface area contributed by atoms with E-state index in [9.17, 15) is 9.18 Å². The molecule has 3 heterocycles. The van der Waals surface area contributed by atoms with E-state index in [0.29, 0.717) is 12.2 Å². The molecule has 24 heavy (non-hydrogen) atoms. The van der Waals surface area contributed by atoms with Gasteiger partial charge in [0.05, 0.1) is 11.3 Å². The number of hydrogen-bond donors (Lipinski definition) is 0. The zero-order chi connectivity index (χ0) is 16.7. The molecule has 0 fully saturated rings. The number of aromatic nitrogens is 2. The number of halogens is 1. The summed E-state index contributed by atoms with van der Waals surface area (Å²) < 4.78 is 15.0. The van der Waals surface area contributed by atoms with Crippen molar-refractivity contribution in [3.8, 4) is 11.1 Å². The highest BCUT2D eigenvalue weighted by Gasteiger charge is 2.20. The molecule has 0 bridgehead atoms. The first-order chi connectivity index (χ1) is 11.7. The minimum Gasteiger partial charge on any atom is -0.299 e. The maximum absolute atomic E-state index is 13.5. The van der Waals surface area contributed by atoms with Gasteiger partial charge in [-0.05, 0) is 41.9 Å². The van der Waals surface area contributed by atoms with Gasteiger partial charge in [-0.3, -0.25) is 14.1 Å². The highest BCUT2D eigenvalue weighted by Crippen LogP contribution is 2.22. The molecule has 0 saturated heterocycles. The molecule has 2 aromatic heterocycles. The largest absolute Gasteiger partial charge is 0.299 e. The van der Waals surface area contributed by atoms with Crippen LogP contribution in [0.1, 0.15) is 18.2 Å². The summed E-state index contributed by atoms with van der Waals surface area (Å²) in [5.41, 5.74) is 3.93. The quantitative estimate of drug-likeness (QED) is 0.728. The van der Waals surface area contributed by atoms with Gasteiger partial charge in [0.1, 0.15) is 11.5 Å². The number of nitrogens with zero attached hydrogens (tertiary/aromatic N) is 3. The van der Waals surface area contributed by atoms with Crippen LogP contribution in [0.3, 0.4) is 0 Å². The molecular weight excluding hydrogens is 305 g/mol. The average molecular weight is 323 g/mol. The van der Waals surface area contributed by atoms with Crippen molar-refractivity contribution in [2.45, 2.75) is 19.9 Å². The third-order valence-electron chi connectivity index (χ3n) is 4.66. The van der Waals surface area contributed by atoms with Gasteiger partial charge in [-0.25, -0.2) is 9.37 Å². The molecule has 0 N–H and O–H groups in total. The fourth-order valence-corrected chi connectivity index (χ4v) is 3.27. The van der Waals surface area contributed by atoms with Crippen molar-refractivity contribution in [1.29, 1.82) is 0 Å². The summed E-state index contributed by atoms with van der Waals surface area (Å²) in [5.74, 6) is -0.275. The summed E-state index contributed by atoms with van der Waals surface area (Å²) >= 11 is 0. The molecule has 1 aliphatic heterocycles. The summed E-state index contributed by atoms with van der Waals surface area (Å²) in [6, 6.07) is 10.1. The van der Waals surface area contributed by atoms with Gasteiger partial charge < -0.3 is 0 Å². The second kappa shape index (κ2) is 5.83. The van der Waals surface area contributed by atoms with Gasteiger partial charge in [0, 0.05) is 25.7 Å². The molecule has 4 nitrogen and oxygen atoms in total. The summed E-state index contributed by atoms with van der Waals surface area (Å²) in [5, 5.41) is 0. The van der Waals surface area contributed by atoms with Crippen LogP contribution in [0.4, 0.5) is 4.39 Å². The first kappa shape index (κ1) is 15.0. The minimum atomic E-state index is -0.275. The second-order valence-electron chi connectivity index (χ2n) is 6.11. The summed E-state index contributed by atoms with van der Waals surface area (Å²) in [6.45, 7) is 4.62. The molecule has 122 valence electrons. The van der Waals surface area contributed by atoms with E-state index in [1.54, 1.807) is 16.7 Å². The molecule has 3 aromatic rings. The number of hydrogen-bond acceptors (Lipinski definition) is 3. The third kappa shape index (κ3) is 2.51. The molecule has 4 rings (SSSR count). The molecule has 0 spiro atoms. The molecule has 1 aliphatic rings. The van der Waals surface area contributed by atoms with Gasteiger partial charge in [-0.2, -0.15) is 0 Å². The number of likely N-dealkylation sites (N-methyl/N-ethyl adjacent to an activating group) is 1. The molecular formula is C19H18FN3O. The zero-order valence-electron chi connectivity index (χ0n) is 13.5. The van der Waals surface area contributed by atoms with E-state index in [1.807, 2.05) is 18.2 Å². The van der Waals surface area contributed by atoms with Crippen molar-refractivity contribution < 1.29 is 4.39 Å². The Bertz CT molecular complexity index is 980. The van der Waals surface area contributed by atoms with E-state index in [-0.39, 0.29) is 11.4 Å². The van der Waals surface area contributed by atoms with Gasteiger partial charge in [-0.15, -0.1) is 0 Å². The molecule has 0 atom stereocenters. The van der Waals surface area contributed by atoms with Crippen molar-refractivity contribution in [2.24, 2.45) is 0 Å². The fraction of sp³-hybridized carbons (Fsp3) is 0.263. The Balaban J connectivity index is 1.86. The van der Waals surface area contributed by atoms with E-state index >= 15 is 0 Å². The number of rotatable bonds is 2. The summed E-state index contributed by atoms with van der Waals surface area (Å²) in [6.07, 6.45) is 2.52. The van der Waals surface area contributed by atoms with Gasteiger partial charge in [0.15, 0.2) is 0 Å². The van der Waals surface area contributed by atoms with Gasteiger partial charge in [-0.1, -0.05) is 19.1 Å². The fourth-order valence-electron chi connectivity index (χ4n) is 3.27. The Morgan fingerprint density at radius 1 is 1.21 bits per heavy atom. The standard InChI is InChI=1S/C19H18FN3O/c1-2-22-8-7-17-16(12-22)19(24)23-9-6-14(11-18(23)21-17)13-4-3-5-15(20)10-13/h3-6,9-11H,2,7-8,12H2,1H3. The SMILES string of the molecule is CCN1CCc2nc3cc(-c4cccc(F)c4)ccn3c(=O)c2C1. The molecule has 0 unspecified atom stereocenters. The molecule has 0 radical (unpaired) electrons. The van der Waals surface area contributed by atoms with Crippen LogP contribution in [-0.2, 0) is 13.0 Å². The Morgan fingerprint density at radius 3 is 2.83 bits per heavy atom. The lowest BCUT2D eigenvalue weighted by molar-refractivity contribution is 0.264. The van der Waals surface area contributed by atoms with Crippen LogP contribution < -0.4 is 5.56 Å². The highest BCUT2D eigenvalue weighted by atomic mass is 19.1. The molecule has 0 saturated carbocycles. The van der Waals surface area contributed by atoms with Gasteiger partial charge in [0.2, 0.25) is 0 Å². The maximum Gasteiger partial charge on any atom is 0.262 e. The van der Waals surface area contributed by atoms with Crippen LogP contribution in [0.5, 0.6) is 0 Å². The van der Waals surface area contributed by atoms with E-state index < -0.39 is 0 Å². The number of benzene rings is 1. The Hall–Kier alpha value is -2.53. The second-order valence-corrected chi connectivity index (χ2v) is 6.11. The van der Waals surface area contributed by atoms with Crippen molar-refractivity contribution >= 4 is 5.65 Å². The normalized spacial score (nSPS) is 14.8. The highest BCUT2D eigenvalue weighted by molar-refractivity contribution is 5.67. The molecule has 0 amide bonds. The zero-order valence-corrected chi connectivity index (χ0v) is 13.5. The molecule has 0 aliphatic carbocycles.